The van der Waals surface area contributed by atoms with Gasteiger partial charge >= 0.3 is 0 Å². The number of aromatic nitrogens is 1. The Morgan fingerprint density at radius 1 is 1.73 bits per heavy atom. The normalized spacial score (nSPS) is 9.91. The topological polar surface area (TPSA) is 30.0 Å². The molecule has 0 amide bonds. The molecule has 0 N–H and O–H groups in total. The van der Waals surface area contributed by atoms with Gasteiger partial charge in [0.05, 0.1) is 5.01 Å². The molecule has 0 radical (unpaired) electrons. The molecule has 0 spiro atoms. The first-order valence-corrected chi connectivity index (χ1v) is 4.64. The molecule has 0 fully saturated rings. The number of hydrogen-bond acceptors (Lipinski definition) is 3. The number of rotatable bonds is 4. The smallest absolute Gasteiger partial charge is 0.169 e. The third kappa shape index (κ3) is 2.42. The molecule has 2 nitrogen and oxygen atoms in total. The molecule has 0 aromatic carbocycles. The van der Waals surface area contributed by atoms with Crippen molar-refractivity contribution >= 4 is 17.6 Å². The third-order valence-electron chi connectivity index (χ3n) is 1.43. The van der Waals surface area contributed by atoms with Gasteiger partial charge in [-0.3, -0.25) is 4.79 Å². The molecule has 3 heteroatoms. The summed E-state index contributed by atoms with van der Waals surface area (Å²) in [4.78, 5) is 14.4. The van der Waals surface area contributed by atoms with Crippen molar-refractivity contribution in [1.29, 1.82) is 0 Å². The fourth-order valence-corrected chi connectivity index (χ4v) is 1.61. The van der Waals surface area contributed by atoms with Crippen LogP contribution in [0, 0.1) is 0 Å². The summed E-state index contributed by atoms with van der Waals surface area (Å²) in [5.41, 5.74) is 0.570. The van der Waals surface area contributed by atoms with Crippen LogP contribution in [0.25, 0.3) is 0 Å². The standard InChI is InChI=1S/C8H11NOS/c1-2-3-4-8-9-7(5-10)6-11-8/h5-6H,2-4H2,1H3. The molecule has 1 rings (SSSR count). The van der Waals surface area contributed by atoms with Crippen molar-refractivity contribution in [2.75, 3.05) is 0 Å². The van der Waals surface area contributed by atoms with E-state index in [9.17, 15) is 4.79 Å². The van der Waals surface area contributed by atoms with Gasteiger partial charge in [-0.2, -0.15) is 0 Å². The first-order valence-electron chi connectivity index (χ1n) is 3.76. The third-order valence-corrected chi connectivity index (χ3v) is 2.36. The maximum Gasteiger partial charge on any atom is 0.169 e. The lowest BCUT2D eigenvalue weighted by Gasteiger charge is -1.89. The van der Waals surface area contributed by atoms with E-state index in [1.165, 1.54) is 6.42 Å². The number of carbonyl (C=O) groups excluding carboxylic acids is 1. The van der Waals surface area contributed by atoms with E-state index in [0.717, 1.165) is 24.1 Å². The predicted molar refractivity (Wildman–Crippen MR) is 46.1 cm³/mol. The number of unbranched alkanes of at least 4 members (excludes halogenated alkanes) is 1. The molecule has 0 aliphatic heterocycles. The first kappa shape index (κ1) is 8.40. The molecule has 0 unspecified atom stereocenters. The number of aryl methyl sites for hydroxylation is 1. The highest BCUT2D eigenvalue weighted by Crippen LogP contribution is 2.10. The van der Waals surface area contributed by atoms with Crippen LogP contribution >= 0.6 is 11.3 Å². The summed E-state index contributed by atoms with van der Waals surface area (Å²) in [6.45, 7) is 2.15. The maximum absolute atomic E-state index is 10.2. The minimum absolute atomic E-state index is 0.570. The number of carbonyl (C=O) groups is 1. The Bertz CT molecular complexity index is 232. The Morgan fingerprint density at radius 3 is 3.09 bits per heavy atom. The van der Waals surface area contributed by atoms with Gasteiger partial charge in [0.25, 0.3) is 0 Å². The Balaban J connectivity index is 2.51. The zero-order chi connectivity index (χ0) is 8.10. The van der Waals surface area contributed by atoms with E-state index in [4.69, 9.17) is 0 Å². The van der Waals surface area contributed by atoms with E-state index >= 15 is 0 Å². The summed E-state index contributed by atoms with van der Waals surface area (Å²) in [5.74, 6) is 0. The summed E-state index contributed by atoms with van der Waals surface area (Å²) in [5, 5.41) is 2.88. The molecule has 1 aromatic rings. The SMILES string of the molecule is CCCCc1nc(C=O)cs1. The van der Waals surface area contributed by atoms with Gasteiger partial charge in [-0.1, -0.05) is 13.3 Å². The van der Waals surface area contributed by atoms with Crippen LogP contribution in [0.3, 0.4) is 0 Å². The van der Waals surface area contributed by atoms with Gasteiger partial charge in [-0.15, -0.1) is 11.3 Å². The molecule has 0 aliphatic rings. The van der Waals surface area contributed by atoms with Gasteiger partial charge in [-0.05, 0) is 12.8 Å². The highest BCUT2D eigenvalue weighted by Gasteiger charge is 1.98. The molecule has 1 aromatic heterocycles. The molecular weight excluding hydrogens is 158 g/mol. The van der Waals surface area contributed by atoms with Gasteiger partial charge in [-0.25, -0.2) is 4.98 Å². The Morgan fingerprint density at radius 2 is 2.55 bits per heavy atom. The van der Waals surface area contributed by atoms with E-state index < -0.39 is 0 Å². The molecule has 0 atom stereocenters. The molecule has 0 aliphatic carbocycles. The number of nitrogens with zero attached hydrogens (tertiary/aromatic N) is 1. The van der Waals surface area contributed by atoms with Gasteiger partial charge in [0.1, 0.15) is 5.69 Å². The van der Waals surface area contributed by atoms with Crippen LogP contribution in [0.5, 0.6) is 0 Å². The largest absolute Gasteiger partial charge is 0.296 e. The van der Waals surface area contributed by atoms with Crippen LogP contribution in [-0.4, -0.2) is 11.3 Å². The van der Waals surface area contributed by atoms with Gasteiger partial charge in [0, 0.05) is 5.38 Å². The highest BCUT2D eigenvalue weighted by molar-refractivity contribution is 7.09. The van der Waals surface area contributed by atoms with Gasteiger partial charge in [0.2, 0.25) is 0 Å². The van der Waals surface area contributed by atoms with Crippen molar-refractivity contribution in [3.63, 3.8) is 0 Å². The summed E-state index contributed by atoms with van der Waals surface area (Å²) >= 11 is 1.57. The van der Waals surface area contributed by atoms with E-state index in [2.05, 4.69) is 11.9 Å². The lowest BCUT2D eigenvalue weighted by atomic mass is 10.3. The quantitative estimate of drug-likeness (QED) is 0.647. The lowest BCUT2D eigenvalue weighted by molar-refractivity contribution is 0.111. The van der Waals surface area contributed by atoms with E-state index in [-0.39, 0.29) is 0 Å². The Hall–Kier alpha value is -0.700. The van der Waals surface area contributed by atoms with Crippen molar-refractivity contribution in [2.24, 2.45) is 0 Å². The van der Waals surface area contributed by atoms with Crippen molar-refractivity contribution in [3.05, 3.63) is 16.1 Å². The van der Waals surface area contributed by atoms with Crippen LogP contribution in [0.4, 0.5) is 0 Å². The average Bonchev–Trinajstić information content (AvgIpc) is 2.48. The highest BCUT2D eigenvalue weighted by atomic mass is 32.1. The van der Waals surface area contributed by atoms with Crippen molar-refractivity contribution < 1.29 is 4.79 Å². The number of thiazole rings is 1. The van der Waals surface area contributed by atoms with Crippen molar-refractivity contribution in [1.82, 2.24) is 4.98 Å². The fourth-order valence-electron chi connectivity index (χ4n) is 0.822. The number of aldehydes is 1. The molecule has 0 saturated heterocycles. The first-order chi connectivity index (χ1) is 5.36. The molecule has 60 valence electrons. The van der Waals surface area contributed by atoms with Gasteiger partial charge in [0.15, 0.2) is 6.29 Å². The van der Waals surface area contributed by atoms with Crippen LogP contribution in [0.15, 0.2) is 5.38 Å². The summed E-state index contributed by atoms with van der Waals surface area (Å²) in [6.07, 6.45) is 4.14. The van der Waals surface area contributed by atoms with E-state index in [1.807, 2.05) is 0 Å². The summed E-state index contributed by atoms with van der Waals surface area (Å²) in [6, 6.07) is 0. The molecule has 11 heavy (non-hydrogen) atoms. The second kappa shape index (κ2) is 4.23. The van der Waals surface area contributed by atoms with Crippen LogP contribution in [-0.2, 0) is 6.42 Å². The Labute approximate surface area is 70.3 Å². The molecule has 0 saturated carbocycles. The average molecular weight is 169 g/mol. The van der Waals surface area contributed by atoms with Crippen LogP contribution in [0.1, 0.15) is 35.3 Å². The maximum atomic E-state index is 10.2. The fraction of sp³-hybridized carbons (Fsp3) is 0.500. The zero-order valence-corrected chi connectivity index (χ0v) is 7.36. The summed E-state index contributed by atoms with van der Waals surface area (Å²) in [7, 11) is 0. The zero-order valence-electron chi connectivity index (χ0n) is 6.54. The Kier molecular flexibility index (Phi) is 3.23. The minimum Gasteiger partial charge on any atom is -0.296 e. The molecule has 1 heterocycles. The second-order valence-corrected chi connectivity index (χ2v) is 3.33. The van der Waals surface area contributed by atoms with E-state index in [0.29, 0.717) is 5.69 Å². The van der Waals surface area contributed by atoms with E-state index in [1.54, 1.807) is 16.7 Å². The molecular formula is C8H11NOS. The van der Waals surface area contributed by atoms with Crippen LogP contribution < -0.4 is 0 Å². The van der Waals surface area contributed by atoms with Crippen molar-refractivity contribution in [2.45, 2.75) is 26.2 Å². The number of hydrogen-bond donors (Lipinski definition) is 0. The minimum atomic E-state index is 0.570. The second-order valence-electron chi connectivity index (χ2n) is 2.39. The van der Waals surface area contributed by atoms with Gasteiger partial charge < -0.3 is 0 Å². The van der Waals surface area contributed by atoms with Crippen molar-refractivity contribution in [3.8, 4) is 0 Å². The van der Waals surface area contributed by atoms with Crippen LogP contribution in [0.2, 0.25) is 0 Å². The monoisotopic (exact) mass is 169 g/mol. The molecule has 0 bridgehead atoms. The lowest BCUT2D eigenvalue weighted by Crippen LogP contribution is -1.84. The summed E-state index contributed by atoms with van der Waals surface area (Å²) < 4.78 is 0. The predicted octanol–water partition coefficient (Wildman–Crippen LogP) is 2.30.